The summed E-state index contributed by atoms with van der Waals surface area (Å²) in [6, 6.07) is 15.1. The fourth-order valence-electron chi connectivity index (χ4n) is 4.22. The molecule has 0 saturated heterocycles. The molecule has 0 N–H and O–H groups in total. The summed E-state index contributed by atoms with van der Waals surface area (Å²) >= 11 is 12.1. The maximum atomic E-state index is 13.7. The number of Topliss-reactive ketones (excluding diaryl/α,β-unsaturated/α-hetero) is 1. The second-order valence-electron chi connectivity index (χ2n) is 9.05. The molecule has 2 atom stereocenters. The Balaban J connectivity index is 1.71. The molecule has 0 aromatic heterocycles. The quantitative estimate of drug-likeness (QED) is 0.187. The number of hydrogen-bond acceptors (Lipinski definition) is 8. The zero-order valence-electron chi connectivity index (χ0n) is 21.3. The van der Waals surface area contributed by atoms with E-state index < -0.39 is 57.7 Å². The molecule has 1 aliphatic heterocycles. The van der Waals surface area contributed by atoms with Crippen molar-refractivity contribution in [3.8, 4) is 5.75 Å². The molecule has 3 aromatic carbocycles. The number of methoxy groups -OCH3 is 1. The van der Waals surface area contributed by atoms with Crippen molar-refractivity contribution in [1.82, 2.24) is 4.90 Å². The number of halogens is 2. The van der Waals surface area contributed by atoms with E-state index in [0.29, 0.717) is 16.2 Å². The van der Waals surface area contributed by atoms with Crippen molar-refractivity contribution in [2.45, 2.75) is 18.6 Å². The van der Waals surface area contributed by atoms with Gasteiger partial charge in [-0.25, -0.2) is 13.2 Å². The summed E-state index contributed by atoms with van der Waals surface area (Å²) in [5.41, 5.74) is 0.357. The first-order chi connectivity index (χ1) is 18.9. The molecule has 4 rings (SSSR count). The Kier molecular flexibility index (Phi) is 8.62. The summed E-state index contributed by atoms with van der Waals surface area (Å²) in [7, 11) is -2.15. The van der Waals surface area contributed by atoms with Crippen molar-refractivity contribution in [1.29, 1.82) is 0 Å². The van der Waals surface area contributed by atoms with Gasteiger partial charge in [-0.2, -0.15) is 0 Å². The lowest BCUT2D eigenvalue weighted by Crippen LogP contribution is -2.47. The molecule has 0 fully saturated rings. The third kappa shape index (κ3) is 6.19. The highest BCUT2D eigenvalue weighted by Crippen LogP contribution is 2.34. The van der Waals surface area contributed by atoms with Gasteiger partial charge in [0.05, 0.1) is 34.0 Å². The monoisotopic (exact) mass is 603 g/mol. The Bertz CT molecular complexity index is 1550. The predicted octanol–water partition coefficient (Wildman–Crippen LogP) is 4.57. The Labute approximate surface area is 240 Å². The largest absolute Gasteiger partial charge is 0.497 e. The number of fused-ring (bicyclic) bond motifs is 1. The summed E-state index contributed by atoms with van der Waals surface area (Å²) in [6.07, 6.45) is -0.956. The standard InChI is InChI=1S/C28H23Cl2NO8S/c1-38-18-10-8-16(9-11-18)24(32)25(17-6-4-3-5-7-17)39-28(35)23(12-13-40(2,36)37)31-26(33)19-14-21(29)22(30)15-20(19)27(31)34/h3-11,14-15,23,25H,12-13H2,1-2H3/t23-,25+/m1/s1. The van der Waals surface area contributed by atoms with Gasteiger partial charge in [-0.1, -0.05) is 53.5 Å². The number of imide groups is 1. The van der Waals surface area contributed by atoms with Crippen molar-refractivity contribution < 1.29 is 37.1 Å². The molecule has 12 heteroatoms. The van der Waals surface area contributed by atoms with Crippen molar-refractivity contribution >= 4 is 56.6 Å². The van der Waals surface area contributed by atoms with Crippen LogP contribution < -0.4 is 4.74 Å². The van der Waals surface area contributed by atoms with Gasteiger partial charge in [-0.15, -0.1) is 0 Å². The van der Waals surface area contributed by atoms with E-state index in [1.54, 1.807) is 42.5 Å². The van der Waals surface area contributed by atoms with Gasteiger partial charge in [0.15, 0.2) is 6.10 Å². The van der Waals surface area contributed by atoms with E-state index in [1.807, 2.05) is 0 Å². The summed E-state index contributed by atoms with van der Waals surface area (Å²) in [5, 5.41) is 0.0424. The zero-order valence-corrected chi connectivity index (χ0v) is 23.6. The van der Waals surface area contributed by atoms with Crippen LogP contribution in [0.25, 0.3) is 0 Å². The molecule has 0 bridgehead atoms. The van der Waals surface area contributed by atoms with Crippen molar-refractivity contribution in [2.24, 2.45) is 0 Å². The number of nitrogens with zero attached hydrogens (tertiary/aromatic N) is 1. The molecule has 1 heterocycles. The normalized spacial score (nSPS) is 14.4. The van der Waals surface area contributed by atoms with Gasteiger partial charge in [0.25, 0.3) is 11.8 Å². The molecule has 0 aliphatic carbocycles. The molecule has 0 spiro atoms. The number of esters is 1. The number of ether oxygens (including phenoxy) is 2. The topological polar surface area (TPSA) is 124 Å². The molecule has 208 valence electrons. The van der Waals surface area contributed by atoms with Gasteiger partial charge in [0.1, 0.15) is 21.6 Å². The first-order valence-corrected chi connectivity index (χ1v) is 14.7. The summed E-state index contributed by atoms with van der Waals surface area (Å²) in [4.78, 5) is 54.4. The van der Waals surface area contributed by atoms with Gasteiger partial charge >= 0.3 is 5.97 Å². The number of amides is 2. The summed E-state index contributed by atoms with van der Waals surface area (Å²) in [6.45, 7) is 0. The van der Waals surface area contributed by atoms with Crippen LogP contribution in [0.2, 0.25) is 10.0 Å². The van der Waals surface area contributed by atoms with E-state index in [-0.39, 0.29) is 26.7 Å². The minimum Gasteiger partial charge on any atom is -0.497 e. The number of hydrogen-bond donors (Lipinski definition) is 0. The first kappa shape index (κ1) is 29.3. The van der Waals surface area contributed by atoms with Gasteiger partial charge in [-0.3, -0.25) is 19.3 Å². The number of sulfone groups is 1. The van der Waals surface area contributed by atoms with E-state index in [2.05, 4.69) is 0 Å². The van der Waals surface area contributed by atoms with E-state index in [0.717, 1.165) is 6.26 Å². The maximum absolute atomic E-state index is 13.7. The third-order valence-electron chi connectivity index (χ3n) is 6.25. The number of carbonyl (C=O) groups is 4. The minimum atomic E-state index is -3.62. The molecule has 0 saturated carbocycles. The van der Waals surface area contributed by atoms with Crippen LogP contribution in [0.5, 0.6) is 5.75 Å². The third-order valence-corrected chi connectivity index (χ3v) is 7.95. The molecule has 0 unspecified atom stereocenters. The summed E-state index contributed by atoms with van der Waals surface area (Å²) < 4.78 is 34.8. The van der Waals surface area contributed by atoms with Crippen LogP contribution in [0.15, 0.2) is 66.7 Å². The van der Waals surface area contributed by atoms with Gasteiger partial charge < -0.3 is 9.47 Å². The Hall–Kier alpha value is -3.73. The maximum Gasteiger partial charge on any atom is 0.330 e. The highest BCUT2D eigenvalue weighted by molar-refractivity contribution is 7.90. The average Bonchev–Trinajstić information content (AvgIpc) is 3.16. The zero-order chi connectivity index (χ0) is 29.2. The van der Waals surface area contributed by atoms with Crippen molar-refractivity contribution in [2.75, 3.05) is 19.1 Å². The fraction of sp³-hybridized carbons (Fsp3) is 0.214. The number of carbonyl (C=O) groups excluding carboxylic acids is 4. The number of rotatable bonds is 10. The molecule has 2 amide bonds. The number of benzene rings is 3. The van der Waals surface area contributed by atoms with E-state index in [4.69, 9.17) is 32.7 Å². The molecular weight excluding hydrogens is 581 g/mol. The molecule has 0 radical (unpaired) electrons. The SMILES string of the molecule is COc1ccc(C(=O)[C@@H](OC(=O)[C@@H](CCS(C)(=O)=O)N2C(=O)c3cc(Cl)c(Cl)cc3C2=O)c2ccccc2)cc1. The molecular formula is C28H23Cl2NO8S. The van der Waals surface area contributed by atoms with Crippen LogP contribution in [-0.2, 0) is 19.4 Å². The van der Waals surface area contributed by atoms with Gasteiger partial charge in [0.2, 0.25) is 5.78 Å². The lowest BCUT2D eigenvalue weighted by Gasteiger charge is -2.27. The van der Waals surface area contributed by atoms with Crippen molar-refractivity contribution in [3.05, 3.63) is 99.0 Å². The fourth-order valence-corrected chi connectivity index (χ4v) is 5.19. The summed E-state index contributed by atoms with van der Waals surface area (Å²) in [5.74, 6) is -3.48. The van der Waals surface area contributed by atoms with E-state index >= 15 is 0 Å². The minimum absolute atomic E-state index is 0.0212. The van der Waals surface area contributed by atoms with Gasteiger partial charge in [-0.05, 0) is 42.8 Å². The van der Waals surface area contributed by atoms with Crippen molar-refractivity contribution in [3.63, 3.8) is 0 Å². The van der Waals surface area contributed by atoms with Crippen LogP contribution in [-0.4, -0.2) is 62.0 Å². The van der Waals surface area contributed by atoms with Crippen LogP contribution in [0, 0.1) is 0 Å². The van der Waals surface area contributed by atoms with Crippen LogP contribution in [0.3, 0.4) is 0 Å². The van der Waals surface area contributed by atoms with Crippen LogP contribution in [0.1, 0.15) is 49.2 Å². The average molecular weight is 604 g/mol. The van der Waals surface area contributed by atoms with Crippen LogP contribution in [0.4, 0.5) is 0 Å². The highest BCUT2D eigenvalue weighted by atomic mass is 35.5. The van der Waals surface area contributed by atoms with E-state index in [1.165, 1.54) is 31.4 Å². The molecule has 40 heavy (non-hydrogen) atoms. The first-order valence-electron chi connectivity index (χ1n) is 11.9. The molecule has 1 aliphatic rings. The molecule has 9 nitrogen and oxygen atoms in total. The van der Waals surface area contributed by atoms with Gasteiger partial charge in [0, 0.05) is 17.4 Å². The Morgan fingerprint density at radius 2 is 1.45 bits per heavy atom. The Morgan fingerprint density at radius 3 is 1.95 bits per heavy atom. The second kappa shape index (κ2) is 11.8. The smallest absolute Gasteiger partial charge is 0.330 e. The lowest BCUT2D eigenvalue weighted by atomic mass is 9.99. The highest BCUT2D eigenvalue weighted by Gasteiger charge is 2.45. The lowest BCUT2D eigenvalue weighted by molar-refractivity contribution is -0.152. The second-order valence-corrected chi connectivity index (χ2v) is 12.1. The van der Waals surface area contributed by atoms with E-state index in [9.17, 15) is 27.6 Å². The molecule has 3 aromatic rings. The Morgan fingerprint density at radius 1 is 0.900 bits per heavy atom. The predicted molar refractivity (Wildman–Crippen MR) is 148 cm³/mol. The van der Waals surface area contributed by atoms with Crippen LogP contribution >= 0.6 is 23.2 Å². The number of ketones is 1.